The van der Waals surface area contributed by atoms with Gasteiger partial charge in [0.25, 0.3) is 0 Å². The molecule has 0 spiro atoms. The molecule has 0 aliphatic heterocycles. The molecule has 4 atom stereocenters. The molecule has 0 aromatic heterocycles. The minimum absolute atomic E-state index is 0.424. The molecule has 4 saturated carbocycles. The van der Waals surface area contributed by atoms with Crippen molar-refractivity contribution in [2.45, 2.75) is 103 Å². The molecule has 4 fully saturated rings. The first-order chi connectivity index (χ1) is 16.9. The number of phenols is 1. The molecule has 1 N–H and O–H groups in total. The van der Waals surface area contributed by atoms with Crippen molar-refractivity contribution in [3.63, 3.8) is 0 Å². The fraction of sp³-hybridized carbons (Fsp3) is 0.636. The van der Waals surface area contributed by atoms with Crippen molar-refractivity contribution >= 4 is 0 Å². The topological polar surface area (TPSA) is 29.5 Å². The minimum atomic E-state index is 0.424. The van der Waals surface area contributed by atoms with E-state index in [0.717, 1.165) is 29.4 Å². The van der Waals surface area contributed by atoms with Crippen LogP contribution in [0.3, 0.4) is 0 Å². The Kier molecular flexibility index (Phi) is 5.93. The molecule has 2 nitrogen and oxygen atoms in total. The van der Waals surface area contributed by atoms with E-state index in [1.807, 2.05) is 7.11 Å². The van der Waals surface area contributed by atoms with E-state index in [-0.39, 0.29) is 0 Å². The zero-order valence-corrected chi connectivity index (χ0v) is 22.4. The van der Waals surface area contributed by atoms with E-state index in [9.17, 15) is 5.11 Å². The fourth-order valence-electron chi connectivity index (χ4n) is 6.69. The fourth-order valence-corrected chi connectivity index (χ4v) is 6.69. The average molecular weight is 473 g/mol. The SMILES string of the molecule is COc1c(C(C)C2CC2)cc(-c2cc(C(C)C3CC3)c(O)c(C(C)C3CC3)c2)cc1C(C)C1CC1. The van der Waals surface area contributed by atoms with Gasteiger partial charge in [-0.05, 0) is 156 Å². The maximum atomic E-state index is 11.5. The lowest BCUT2D eigenvalue weighted by atomic mass is 9.82. The quantitative estimate of drug-likeness (QED) is 0.373. The summed E-state index contributed by atoms with van der Waals surface area (Å²) in [7, 11) is 1.87. The van der Waals surface area contributed by atoms with Crippen LogP contribution in [-0.2, 0) is 0 Å². The molecule has 4 unspecified atom stereocenters. The highest BCUT2D eigenvalue weighted by Crippen LogP contribution is 2.53. The van der Waals surface area contributed by atoms with E-state index in [0.29, 0.717) is 29.4 Å². The summed E-state index contributed by atoms with van der Waals surface area (Å²) in [6, 6.07) is 9.55. The number of methoxy groups -OCH3 is 1. The molecule has 2 heteroatoms. The largest absolute Gasteiger partial charge is 0.507 e. The molecule has 0 radical (unpaired) electrons. The van der Waals surface area contributed by atoms with Gasteiger partial charge in [-0.1, -0.05) is 27.7 Å². The minimum Gasteiger partial charge on any atom is -0.507 e. The Balaban J connectivity index is 1.51. The predicted octanol–water partition coefficient (Wildman–Crippen LogP) is 9.12. The summed E-state index contributed by atoms with van der Waals surface area (Å²) in [6.45, 7) is 9.47. The Bertz CT molecular complexity index is 1020. The number of rotatable bonds is 10. The van der Waals surface area contributed by atoms with Crippen LogP contribution in [0.1, 0.15) is 125 Å². The van der Waals surface area contributed by atoms with E-state index < -0.39 is 0 Å². The number of ether oxygens (including phenoxy) is 1. The molecule has 4 aliphatic carbocycles. The van der Waals surface area contributed by atoms with Gasteiger partial charge in [0.15, 0.2) is 0 Å². The molecule has 2 aromatic carbocycles. The molecule has 4 aliphatic rings. The molecule has 188 valence electrons. The van der Waals surface area contributed by atoms with Gasteiger partial charge in [0.1, 0.15) is 11.5 Å². The first-order valence-electron chi connectivity index (χ1n) is 14.5. The highest BCUT2D eigenvalue weighted by atomic mass is 16.5. The highest BCUT2D eigenvalue weighted by molar-refractivity contribution is 5.72. The van der Waals surface area contributed by atoms with E-state index in [1.54, 1.807) is 0 Å². The third-order valence-electron chi connectivity index (χ3n) is 10.1. The Morgan fingerprint density at radius 1 is 0.571 bits per heavy atom. The van der Waals surface area contributed by atoms with Crippen LogP contribution in [-0.4, -0.2) is 12.2 Å². The highest BCUT2D eigenvalue weighted by Gasteiger charge is 2.37. The van der Waals surface area contributed by atoms with Crippen LogP contribution in [0.4, 0.5) is 0 Å². The second-order valence-electron chi connectivity index (χ2n) is 12.7. The first-order valence-corrected chi connectivity index (χ1v) is 14.5. The molecule has 35 heavy (non-hydrogen) atoms. The van der Waals surface area contributed by atoms with Crippen molar-refractivity contribution in [2.75, 3.05) is 7.11 Å². The lowest BCUT2D eigenvalue weighted by molar-refractivity contribution is 0.394. The van der Waals surface area contributed by atoms with Crippen molar-refractivity contribution < 1.29 is 9.84 Å². The molecular weight excluding hydrogens is 428 g/mol. The van der Waals surface area contributed by atoms with E-state index in [1.165, 1.54) is 84.7 Å². The van der Waals surface area contributed by atoms with Gasteiger partial charge in [-0.3, -0.25) is 0 Å². The normalized spacial score (nSPS) is 23.6. The number of benzene rings is 2. The maximum Gasteiger partial charge on any atom is 0.125 e. The van der Waals surface area contributed by atoms with Crippen LogP contribution in [0, 0.1) is 23.7 Å². The lowest BCUT2D eigenvalue weighted by Gasteiger charge is -2.25. The molecule has 0 heterocycles. The zero-order valence-electron chi connectivity index (χ0n) is 22.4. The van der Waals surface area contributed by atoms with Crippen molar-refractivity contribution in [1.82, 2.24) is 0 Å². The van der Waals surface area contributed by atoms with Crippen LogP contribution in [0.5, 0.6) is 11.5 Å². The number of aromatic hydroxyl groups is 1. The second-order valence-corrected chi connectivity index (χ2v) is 12.7. The number of phenolic OH excluding ortho intramolecular Hbond substituents is 1. The van der Waals surface area contributed by atoms with Crippen molar-refractivity contribution in [2.24, 2.45) is 23.7 Å². The van der Waals surface area contributed by atoms with Gasteiger partial charge >= 0.3 is 0 Å². The maximum absolute atomic E-state index is 11.5. The Morgan fingerprint density at radius 2 is 0.857 bits per heavy atom. The predicted molar refractivity (Wildman–Crippen MR) is 145 cm³/mol. The molecule has 0 bridgehead atoms. The lowest BCUT2D eigenvalue weighted by Crippen LogP contribution is -2.07. The van der Waals surface area contributed by atoms with Gasteiger partial charge in [0.05, 0.1) is 7.11 Å². The van der Waals surface area contributed by atoms with Gasteiger partial charge in [-0.25, -0.2) is 0 Å². The number of hydrogen-bond acceptors (Lipinski definition) is 2. The smallest absolute Gasteiger partial charge is 0.125 e. The second kappa shape index (κ2) is 8.86. The monoisotopic (exact) mass is 472 g/mol. The molecular formula is C33H44O2. The number of hydrogen-bond donors (Lipinski definition) is 1. The molecule has 6 rings (SSSR count). The summed E-state index contributed by atoms with van der Waals surface area (Å²) in [4.78, 5) is 0. The van der Waals surface area contributed by atoms with Gasteiger partial charge < -0.3 is 9.84 Å². The standard InChI is InChI=1S/C33H44O2/c1-18(22-6-7-22)28-14-26(15-29(32(28)34)19(2)23-8-9-23)27-16-30(20(3)24-10-11-24)33(35-5)31(17-27)21(4)25-12-13-25/h14-25,34H,6-13H2,1-5H3. The first kappa shape index (κ1) is 23.4. The van der Waals surface area contributed by atoms with Crippen LogP contribution < -0.4 is 4.74 Å². The summed E-state index contributed by atoms with van der Waals surface area (Å²) in [5.74, 6) is 6.67. The van der Waals surface area contributed by atoms with E-state index >= 15 is 0 Å². The summed E-state index contributed by atoms with van der Waals surface area (Å²) in [6.07, 6.45) is 10.6. The summed E-state index contributed by atoms with van der Waals surface area (Å²) >= 11 is 0. The van der Waals surface area contributed by atoms with Gasteiger partial charge in [-0.15, -0.1) is 0 Å². The van der Waals surface area contributed by atoms with Crippen molar-refractivity contribution in [3.8, 4) is 22.6 Å². The Hall–Kier alpha value is -1.96. The van der Waals surface area contributed by atoms with Crippen molar-refractivity contribution in [3.05, 3.63) is 46.5 Å². The molecule has 2 aromatic rings. The molecule has 0 amide bonds. The zero-order chi connectivity index (χ0) is 24.4. The Morgan fingerprint density at radius 3 is 1.14 bits per heavy atom. The van der Waals surface area contributed by atoms with Gasteiger partial charge in [-0.2, -0.15) is 0 Å². The van der Waals surface area contributed by atoms with Crippen LogP contribution >= 0.6 is 0 Å². The van der Waals surface area contributed by atoms with Crippen molar-refractivity contribution in [1.29, 1.82) is 0 Å². The summed E-state index contributed by atoms with van der Waals surface area (Å²) < 4.78 is 6.15. The van der Waals surface area contributed by atoms with Crippen LogP contribution in [0.25, 0.3) is 11.1 Å². The third-order valence-corrected chi connectivity index (χ3v) is 10.1. The molecule has 0 saturated heterocycles. The summed E-state index contributed by atoms with van der Waals surface area (Å²) in [5.41, 5.74) is 7.77. The average Bonchev–Trinajstić information content (AvgIpc) is 3.70. The van der Waals surface area contributed by atoms with Gasteiger partial charge in [0, 0.05) is 0 Å². The van der Waals surface area contributed by atoms with Crippen LogP contribution in [0.15, 0.2) is 24.3 Å². The van der Waals surface area contributed by atoms with E-state index in [4.69, 9.17) is 4.74 Å². The van der Waals surface area contributed by atoms with Gasteiger partial charge in [0.2, 0.25) is 0 Å². The van der Waals surface area contributed by atoms with E-state index in [2.05, 4.69) is 52.0 Å². The van der Waals surface area contributed by atoms with Crippen LogP contribution in [0.2, 0.25) is 0 Å². The Labute approximate surface area is 212 Å². The summed E-state index contributed by atoms with van der Waals surface area (Å²) in [5, 5.41) is 11.5. The third kappa shape index (κ3) is 4.51.